The van der Waals surface area contributed by atoms with Gasteiger partial charge in [0.1, 0.15) is 0 Å². The molecule has 26 heavy (non-hydrogen) atoms. The van der Waals surface area contributed by atoms with Gasteiger partial charge in [0.2, 0.25) is 0 Å². The molecule has 0 bridgehead atoms. The van der Waals surface area contributed by atoms with Crippen LogP contribution in [0.5, 0.6) is 5.75 Å². The van der Waals surface area contributed by atoms with Crippen molar-refractivity contribution in [3.8, 4) is 5.75 Å². The minimum Gasteiger partial charge on any atom is -0.494 e. The maximum Gasteiger partial charge on any atom is 0.252 e. The van der Waals surface area contributed by atoms with Crippen molar-refractivity contribution >= 4 is 19.8 Å². The Hall–Kier alpha value is -2.17. The molecule has 1 fully saturated rings. The SMILES string of the molecule is COc1cc(C2=CC(=O)N3C=C(N4CCNCC4)C=CC3P2)ccc1F. The van der Waals surface area contributed by atoms with Crippen LogP contribution < -0.4 is 10.1 Å². The van der Waals surface area contributed by atoms with E-state index < -0.39 is 5.82 Å². The number of nitrogens with zero attached hydrogens (tertiary/aromatic N) is 2. The number of rotatable bonds is 3. The molecule has 3 aliphatic rings. The van der Waals surface area contributed by atoms with Crippen LogP contribution in [0.25, 0.3) is 5.31 Å². The summed E-state index contributed by atoms with van der Waals surface area (Å²) < 4.78 is 18.7. The van der Waals surface area contributed by atoms with E-state index in [4.69, 9.17) is 4.74 Å². The number of methoxy groups -OCH3 is 1. The molecule has 0 radical (unpaired) electrons. The van der Waals surface area contributed by atoms with Crippen molar-refractivity contribution in [2.75, 3.05) is 33.3 Å². The molecule has 5 nitrogen and oxygen atoms in total. The Labute approximate surface area is 154 Å². The predicted molar refractivity (Wildman–Crippen MR) is 102 cm³/mol. The summed E-state index contributed by atoms with van der Waals surface area (Å²) in [5, 5.41) is 4.27. The van der Waals surface area contributed by atoms with Gasteiger partial charge in [0, 0.05) is 38.5 Å². The average molecular weight is 373 g/mol. The van der Waals surface area contributed by atoms with E-state index in [1.165, 1.54) is 13.2 Å². The maximum atomic E-state index is 13.7. The Balaban J connectivity index is 1.58. The molecule has 136 valence electrons. The third kappa shape index (κ3) is 3.27. The lowest BCUT2D eigenvalue weighted by Crippen LogP contribution is -2.44. The fourth-order valence-corrected chi connectivity index (χ4v) is 4.75. The number of fused-ring (bicyclic) bond motifs is 1. The maximum absolute atomic E-state index is 13.7. The van der Waals surface area contributed by atoms with Crippen molar-refractivity contribution < 1.29 is 13.9 Å². The van der Waals surface area contributed by atoms with E-state index in [0.29, 0.717) is 8.58 Å². The van der Waals surface area contributed by atoms with Crippen LogP contribution in [0.4, 0.5) is 4.39 Å². The lowest BCUT2D eigenvalue weighted by Gasteiger charge is -2.37. The zero-order valence-electron chi connectivity index (χ0n) is 14.5. The Bertz CT molecular complexity index is 815. The van der Waals surface area contributed by atoms with Gasteiger partial charge in [-0.25, -0.2) is 4.39 Å². The number of ether oxygens (including phenoxy) is 1. The quantitative estimate of drug-likeness (QED) is 0.827. The number of carbonyl (C=O) groups is 1. The van der Waals surface area contributed by atoms with Crippen LogP contribution in [0.1, 0.15) is 5.56 Å². The van der Waals surface area contributed by atoms with Crippen LogP contribution in [-0.4, -0.2) is 54.8 Å². The summed E-state index contributed by atoms with van der Waals surface area (Å²) in [6.45, 7) is 3.81. The summed E-state index contributed by atoms with van der Waals surface area (Å²) in [6.07, 6.45) is 7.83. The molecular weight excluding hydrogens is 352 g/mol. The molecule has 3 aliphatic heterocycles. The number of nitrogens with one attached hydrogen (secondary N) is 1. The van der Waals surface area contributed by atoms with Gasteiger partial charge in [0.25, 0.3) is 5.91 Å². The molecule has 3 heterocycles. The predicted octanol–water partition coefficient (Wildman–Crippen LogP) is 2.34. The molecule has 2 atom stereocenters. The van der Waals surface area contributed by atoms with E-state index in [0.717, 1.165) is 42.8 Å². The highest BCUT2D eigenvalue weighted by Gasteiger charge is 2.29. The van der Waals surface area contributed by atoms with Crippen LogP contribution in [0.15, 0.2) is 48.3 Å². The van der Waals surface area contributed by atoms with E-state index in [2.05, 4.69) is 22.4 Å². The van der Waals surface area contributed by atoms with Crippen molar-refractivity contribution in [3.63, 3.8) is 0 Å². The second-order valence-corrected chi connectivity index (χ2v) is 7.81. The normalized spacial score (nSPS) is 23.6. The van der Waals surface area contributed by atoms with Gasteiger partial charge in [0.05, 0.1) is 18.6 Å². The van der Waals surface area contributed by atoms with Crippen LogP contribution in [-0.2, 0) is 4.79 Å². The molecule has 0 saturated carbocycles. The fourth-order valence-electron chi connectivity index (χ4n) is 3.37. The first-order chi connectivity index (χ1) is 12.7. The second-order valence-electron chi connectivity index (χ2n) is 6.39. The summed E-state index contributed by atoms with van der Waals surface area (Å²) >= 11 is 0. The van der Waals surface area contributed by atoms with Crippen molar-refractivity contribution in [1.29, 1.82) is 0 Å². The van der Waals surface area contributed by atoms with Gasteiger partial charge >= 0.3 is 0 Å². The largest absolute Gasteiger partial charge is 0.494 e. The van der Waals surface area contributed by atoms with E-state index in [1.54, 1.807) is 23.1 Å². The zero-order chi connectivity index (χ0) is 18.1. The van der Waals surface area contributed by atoms with E-state index >= 15 is 0 Å². The molecule has 0 aliphatic carbocycles. The molecule has 1 aromatic rings. The first-order valence-electron chi connectivity index (χ1n) is 8.66. The van der Waals surface area contributed by atoms with Crippen molar-refractivity contribution in [1.82, 2.24) is 15.1 Å². The molecule has 1 amide bonds. The molecule has 0 spiro atoms. The van der Waals surface area contributed by atoms with Gasteiger partial charge in [-0.2, -0.15) is 0 Å². The molecule has 0 aromatic heterocycles. The van der Waals surface area contributed by atoms with Crippen LogP contribution in [0.3, 0.4) is 0 Å². The summed E-state index contributed by atoms with van der Waals surface area (Å²) in [6, 6.07) is 4.75. The third-order valence-electron chi connectivity index (χ3n) is 4.79. The number of allylic oxidation sites excluding steroid dienone is 1. The Morgan fingerprint density at radius 1 is 1.31 bits per heavy atom. The second kappa shape index (κ2) is 7.22. The van der Waals surface area contributed by atoms with E-state index in [-0.39, 0.29) is 17.4 Å². The first kappa shape index (κ1) is 17.3. The van der Waals surface area contributed by atoms with E-state index in [9.17, 15) is 9.18 Å². The summed E-state index contributed by atoms with van der Waals surface area (Å²) in [7, 11) is 1.85. The Morgan fingerprint density at radius 2 is 2.12 bits per heavy atom. The number of hydrogen-bond acceptors (Lipinski definition) is 4. The third-order valence-corrected chi connectivity index (χ3v) is 6.30. The van der Waals surface area contributed by atoms with Gasteiger partial charge in [-0.1, -0.05) is 20.7 Å². The number of carbonyl (C=O) groups excluding carboxylic acids is 1. The van der Waals surface area contributed by atoms with Gasteiger partial charge < -0.3 is 19.9 Å². The molecule has 4 rings (SSSR count). The standard InChI is InChI=1S/C19H21FN3O2P/c1-25-16-10-13(2-4-15(16)20)17-11-18(24)23-12-14(3-5-19(23)26-17)22-8-6-21-7-9-22/h2-5,10-12,19,21,26H,6-9H2,1H3. The fraction of sp³-hybridized carbons (Fsp3) is 0.316. The number of benzene rings is 1. The van der Waals surface area contributed by atoms with Crippen molar-refractivity contribution in [3.05, 3.63) is 59.7 Å². The molecular formula is C19H21FN3O2P. The lowest BCUT2D eigenvalue weighted by molar-refractivity contribution is -0.123. The first-order valence-corrected chi connectivity index (χ1v) is 9.73. The molecule has 7 heteroatoms. The van der Waals surface area contributed by atoms with Gasteiger partial charge in [-0.15, -0.1) is 0 Å². The molecule has 2 unspecified atom stereocenters. The van der Waals surface area contributed by atoms with Crippen LogP contribution in [0.2, 0.25) is 0 Å². The highest BCUT2D eigenvalue weighted by atomic mass is 31.1. The van der Waals surface area contributed by atoms with Crippen molar-refractivity contribution in [2.45, 2.75) is 5.78 Å². The topological polar surface area (TPSA) is 44.8 Å². The van der Waals surface area contributed by atoms with Gasteiger partial charge in [-0.05, 0) is 29.1 Å². The summed E-state index contributed by atoms with van der Waals surface area (Å²) in [4.78, 5) is 16.8. The Morgan fingerprint density at radius 3 is 2.88 bits per heavy atom. The smallest absolute Gasteiger partial charge is 0.252 e. The minimum absolute atomic E-state index is 0.0187. The minimum atomic E-state index is -0.398. The van der Waals surface area contributed by atoms with Crippen molar-refractivity contribution in [2.24, 2.45) is 0 Å². The van der Waals surface area contributed by atoms with Gasteiger partial charge in [-0.3, -0.25) is 4.79 Å². The number of amides is 1. The average Bonchev–Trinajstić information content (AvgIpc) is 2.68. The highest BCUT2D eigenvalue weighted by Crippen LogP contribution is 2.45. The number of piperazine rings is 1. The monoisotopic (exact) mass is 373 g/mol. The molecule has 1 aromatic carbocycles. The highest BCUT2D eigenvalue weighted by molar-refractivity contribution is 7.51. The van der Waals surface area contributed by atoms with Crippen LogP contribution >= 0.6 is 8.58 Å². The number of hydrogen-bond donors (Lipinski definition) is 1. The molecule has 1 saturated heterocycles. The van der Waals surface area contributed by atoms with E-state index in [1.807, 2.05) is 6.20 Å². The summed E-state index contributed by atoms with van der Waals surface area (Å²) in [5.41, 5.74) is 1.92. The number of halogens is 1. The molecule has 1 N–H and O–H groups in total. The lowest BCUT2D eigenvalue weighted by atomic mass is 10.1. The Kier molecular flexibility index (Phi) is 4.79. The van der Waals surface area contributed by atoms with Crippen LogP contribution in [0, 0.1) is 5.82 Å². The van der Waals surface area contributed by atoms with Gasteiger partial charge in [0.15, 0.2) is 11.6 Å². The summed E-state index contributed by atoms with van der Waals surface area (Å²) in [5.74, 6) is -0.220. The zero-order valence-corrected chi connectivity index (χ0v) is 15.5.